The molecule has 2 aromatic carbocycles. The quantitative estimate of drug-likeness (QED) is 0.944. The molecule has 1 N–H and O–H groups in total. The number of halogens is 1. The molecular formula is C18H17FN2O2. The fraction of sp³-hybridized carbons (Fsp3) is 0.222. The molecule has 1 aliphatic heterocycles. The van der Waals surface area contributed by atoms with Gasteiger partial charge in [0.25, 0.3) is 0 Å². The van der Waals surface area contributed by atoms with Crippen molar-refractivity contribution >= 4 is 11.8 Å². The molecule has 0 aromatic heterocycles. The van der Waals surface area contributed by atoms with Crippen LogP contribution in [0, 0.1) is 5.82 Å². The summed E-state index contributed by atoms with van der Waals surface area (Å²) in [6, 6.07) is 12.9. The molecule has 0 saturated heterocycles. The molecule has 3 rings (SSSR count). The van der Waals surface area contributed by atoms with Crippen molar-refractivity contribution < 1.29 is 14.0 Å². The van der Waals surface area contributed by atoms with E-state index in [9.17, 15) is 14.0 Å². The number of benzene rings is 2. The first-order valence-electron chi connectivity index (χ1n) is 7.42. The van der Waals surface area contributed by atoms with Crippen molar-refractivity contribution in [2.24, 2.45) is 0 Å². The van der Waals surface area contributed by atoms with Gasteiger partial charge in [0, 0.05) is 13.6 Å². The molecule has 118 valence electrons. The van der Waals surface area contributed by atoms with Gasteiger partial charge >= 0.3 is 0 Å². The topological polar surface area (TPSA) is 49.4 Å². The summed E-state index contributed by atoms with van der Waals surface area (Å²) in [6.07, 6.45) is 0.306. The van der Waals surface area contributed by atoms with Crippen LogP contribution in [0.25, 0.3) is 0 Å². The highest BCUT2D eigenvalue weighted by Gasteiger charge is 2.34. The summed E-state index contributed by atoms with van der Waals surface area (Å²) in [5.41, 5.74) is 2.39. The first-order chi connectivity index (χ1) is 11.1. The number of rotatable bonds is 3. The maximum absolute atomic E-state index is 13.2. The largest absolute Gasteiger partial charge is 0.350 e. The van der Waals surface area contributed by atoms with Crippen molar-refractivity contribution in [3.63, 3.8) is 0 Å². The predicted octanol–water partition coefficient (Wildman–Crippen LogP) is 2.20. The van der Waals surface area contributed by atoms with Crippen LogP contribution in [0.2, 0.25) is 0 Å². The van der Waals surface area contributed by atoms with E-state index in [1.807, 2.05) is 24.3 Å². The molecule has 23 heavy (non-hydrogen) atoms. The Kier molecular flexibility index (Phi) is 4.10. The molecule has 1 unspecified atom stereocenters. The van der Waals surface area contributed by atoms with Gasteiger partial charge in [-0.3, -0.25) is 9.59 Å². The molecule has 1 atom stereocenters. The molecule has 0 radical (unpaired) electrons. The van der Waals surface area contributed by atoms with Crippen LogP contribution in [0.5, 0.6) is 0 Å². The van der Waals surface area contributed by atoms with Gasteiger partial charge in [-0.25, -0.2) is 4.39 Å². The first-order valence-corrected chi connectivity index (χ1v) is 7.42. The Morgan fingerprint density at radius 1 is 1.26 bits per heavy atom. The zero-order valence-corrected chi connectivity index (χ0v) is 12.8. The fourth-order valence-electron chi connectivity index (χ4n) is 2.85. The predicted molar refractivity (Wildman–Crippen MR) is 83.9 cm³/mol. The van der Waals surface area contributed by atoms with Gasteiger partial charge in [0.15, 0.2) is 0 Å². The second kappa shape index (κ2) is 6.20. The third-order valence-corrected chi connectivity index (χ3v) is 4.08. The maximum Gasteiger partial charge on any atom is 0.247 e. The molecule has 0 aliphatic carbocycles. The van der Waals surface area contributed by atoms with Crippen LogP contribution < -0.4 is 5.32 Å². The SMILES string of the molecule is CN1C(=O)Cc2ccccc2C1C(=O)NCc1cccc(F)c1. The average Bonchev–Trinajstić information content (AvgIpc) is 2.54. The number of nitrogens with one attached hydrogen (secondary N) is 1. The monoisotopic (exact) mass is 312 g/mol. The number of hydrogen-bond acceptors (Lipinski definition) is 2. The molecule has 1 heterocycles. The van der Waals surface area contributed by atoms with Crippen LogP contribution in [-0.2, 0) is 22.6 Å². The fourth-order valence-corrected chi connectivity index (χ4v) is 2.85. The highest BCUT2D eigenvalue weighted by Crippen LogP contribution is 2.29. The van der Waals surface area contributed by atoms with Crippen LogP contribution in [0.4, 0.5) is 4.39 Å². The molecule has 1 aliphatic rings. The van der Waals surface area contributed by atoms with Crippen LogP contribution >= 0.6 is 0 Å². The Labute approximate surface area is 133 Å². The van der Waals surface area contributed by atoms with Crippen LogP contribution in [0.3, 0.4) is 0 Å². The molecule has 0 saturated carbocycles. The van der Waals surface area contributed by atoms with Gasteiger partial charge in [0.05, 0.1) is 6.42 Å². The van der Waals surface area contributed by atoms with Crippen LogP contribution in [0.1, 0.15) is 22.7 Å². The van der Waals surface area contributed by atoms with Crippen molar-refractivity contribution in [3.05, 3.63) is 71.0 Å². The number of carbonyl (C=O) groups is 2. The average molecular weight is 312 g/mol. The Balaban J connectivity index is 1.79. The number of fused-ring (bicyclic) bond motifs is 1. The summed E-state index contributed by atoms with van der Waals surface area (Å²) >= 11 is 0. The van der Waals surface area contributed by atoms with Crippen molar-refractivity contribution in [3.8, 4) is 0 Å². The minimum atomic E-state index is -0.652. The number of hydrogen-bond donors (Lipinski definition) is 1. The third kappa shape index (κ3) is 3.08. The van der Waals surface area contributed by atoms with Crippen molar-refractivity contribution in [1.29, 1.82) is 0 Å². The van der Waals surface area contributed by atoms with Gasteiger partial charge in [-0.15, -0.1) is 0 Å². The van der Waals surface area contributed by atoms with Gasteiger partial charge < -0.3 is 10.2 Å². The summed E-state index contributed by atoms with van der Waals surface area (Å²) in [5.74, 6) is -0.695. The van der Waals surface area contributed by atoms with Gasteiger partial charge in [0.2, 0.25) is 11.8 Å². The second-order valence-electron chi connectivity index (χ2n) is 5.63. The van der Waals surface area contributed by atoms with E-state index >= 15 is 0 Å². The highest BCUT2D eigenvalue weighted by atomic mass is 19.1. The lowest BCUT2D eigenvalue weighted by atomic mass is 9.92. The standard InChI is InChI=1S/C18H17FN2O2/c1-21-16(22)10-13-6-2-3-8-15(13)17(21)18(23)20-11-12-5-4-7-14(19)9-12/h2-9,17H,10-11H2,1H3,(H,20,23). The Morgan fingerprint density at radius 3 is 2.83 bits per heavy atom. The first kappa shape index (κ1) is 15.2. The number of carbonyl (C=O) groups excluding carboxylic acids is 2. The van der Waals surface area contributed by atoms with Crippen LogP contribution in [0.15, 0.2) is 48.5 Å². The van der Waals surface area contributed by atoms with E-state index < -0.39 is 6.04 Å². The van der Waals surface area contributed by atoms with Gasteiger partial charge in [-0.1, -0.05) is 36.4 Å². The normalized spacial score (nSPS) is 16.9. The molecule has 4 nitrogen and oxygen atoms in total. The van der Waals surface area contributed by atoms with E-state index in [-0.39, 0.29) is 24.2 Å². The molecule has 0 bridgehead atoms. The summed E-state index contributed by atoms with van der Waals surface area (Å²) in [5, 5.41) is 2.79. The van der Waals surface area contributed by atoms with Crippen molar-refractivity contribution in [2.75, 3.05) is 7.05 Å². The van der Waals surface area contributed by atoms with E-state index in [2.05, 4.69) is 5.32 Å². The third-order valence-electron chi connectivity index (χ3n) is 4.08. The van der Waals surface area contributed by atoms with E-state index in [4.69, 9.17) is 0 Å². The van der Waals surface area contributed by atoms with E-state index in [0.29, 0.717) is 12.0 Å². The summed E-state index contributed by atoms with van der Waals surface area (Å²) in [4.78, 5) is 26.1. The molecule has 0 spiro atoms. The zero-order chi connectivity index (χ0) is 16.4. The smallest absolute Gasteiger partial charge is 0.247 e. The Bertz CT molecular complexity index is 760. The molecule has 0 fully saturated rings. The van der Waals surface area contributed by atoms with Crippen molar-refractivity contribution in [1.82, 2.24) is 10.2 Å². The van der Waals surface area contributed by atoms with Gasteiger partial charge in [-0.2, -0.15) is 0 Å². The van der Waals surface area contributed by atoms with Crippen LogP contribution in [-0.4, -0.2) is 23.8 Å². The summed E-state index contributed by atoms with van der Waals surface area (Å²) in [7, 11) is 1.63. The lowest BCUT2D eigenvalue weighted by Gasteiger charge is -2.33. The maximum atomic E-state index is 13.2. The minimum absolute atomic E-state index is 0.0883. The second-order valence-corrected chi connectivity index (χ2v) is 5.63. The van der Waals surface area contributed by atoms with Gasteiger partial charge in [-0.05, 0) is 28.8 Å². The molecule has 2 amide bonds. The Hall–Kier alpha value is -2.69. The lowest BCUT2D eigenvalue weighted by Crippen LogP contribution is -2.45. The molecular weight excluding hydrogens is 295 g/mol. The van der Waals surface area contributed by atoms with E-state index in [1.165, 1.54) is 17.0 Å². The summed E-state index contributed by atoms with van der Waals surface area (Å²) < 4.78 is 13.2. The Morgan fingerprint density at radius 2 is 2.04 bits per heavy atom. The number of likely N-dealkylation sites (N-methyl/N-ethyl adjacent to an activating group) is 1. The highest BCUT2D eigenvalue weighted by molar-refractivity contribution is 5.92. The molecule has 5 heteroatoms. The van der Waals surface area contributed by atoms with E-state index in [0.717, 1.165) is 11.1 Å². The number of nitrogens with zero attached hydrogens (tertiary/aromatic N) is 1. The van der Waals surface area contributed by atoms with Crippen molar-refractivity contribution in [2.45, 2.75) is 19.0 Å². The zero-order valence-electron chi connectivity index (χ0n) is 12.8. The number of amides is 2. The molecule has 2 aromatic rings. The minimum Gasteiger partial charge on any atom is -0.350 e. The lowest BCUT2D eigenvalue weighted by molar-refractivity contribution is -0.140. The van der Waals surface area contributed by atoms with Gasteiger partial charge in [0.1, 0.15) is 11.9 Å². The van der Waals surface area contributed by atoms with E-state index in [1.54, 1.807) is 19.2 Å². The summed E-state index contributed by atoms with van der Waals surface area (Å²) in [6.45, 7) is 0.220.